The van der Waals surface area contributed by atoms with E-state index in [0.29, 0.717) is 8.45 Å². The Morgan fingerprint density at radius 2 is 1.08 bits per heavy atom. The van der Waals surface area contributed by atoms with E-state index in [-0.39, 0.29) is 0 Å². The zero-order chi connectivity index (χ0) is 17.1. The molecule has 2 aliphatic carbocycles. The minimum atomic E-state index is -2.91. The molecule has 0 fully saturated rings. The van der Waals surface area contributed by atoms with Crippen LogP contribution in [0, 0.1) is 0 Å². The Hall–Kier alpha value is -1.15. The Morgan fingerprint density at radius 1 is 0.708 bits per heavy atom. The Labute approximate surface area is 148 Å². The molecule has 2 aromatic carbocycles. The van der Waals surface area contributed by atoms with E-state index in [1.165, 1.54) is 11.1 Å². The summed E-state index contributed by atoms with van der Waals surface area (Å²) in [4.78, 5) is 0. The molecule has 4 rings (SSSR count). The quantitative estimate of drug-likeness (QED) is 0.604. The van der Waals surface area contributed by atoms with E-state index in [9.17, 15) is 0 Å². The third kappa shape index (κ3) is 2.22. The van der Waals surface area contributed by atoms with E-state index in [0.717, 1.165) is 0 Å². The predicted octanol–water partition coefficient (Wildman–Crippen LogP) is 5.64. The molecule has 2 atom stereocenters. The van der Waals surface area contributed by atoms with Crippen LogP contribution in [0.15, 0.2) is 59.7 Å². The van der Waals surface area contributed by atoms with Crippen LogP contribution in [0.4, 0.5) is 0 Å². The van der Waals surface area contributed by atoms with Gasteiger partial charge < -0.3 is 0 Å². The van der Waals surface area contributed by atoms with Gasteiger partial charge in [0.25, 0.3) is 0 Å². The van der Waals surface area contributed by atoms with E-state index < -0.39 is 14.0 Å². The Kier molecular flexibility index (Phi) is 3.52. The number of hydrogen-bond acceptors (Lipinski definition) is 0. The first-order valence-corrected chi connectivity index (χ1v) is 17.8. The van der Waals surface area contributed by atoms with Gasteiger partial charge in [0.05, 0.1) is 0 Å². The van der Waals surface area contributed by atoms with Crippen LogP contribution in [-0.4, -0.2) is 7.63 Å². The van der Waals surface area contributed by atoms with Crippen LogP contribution < -0.4 is 0 Å². The number of allylic oxidation sites excluding steroid dienone is 2. The van der Waals surface area contributed by atoms with Crippen molar-refractivity contribution in [3.05, 3.63) is 81.9 Å². The van der Waals surface area contributed by atoms with Crippen LogP contribution in [-0.2, 0) is 14.0 Å². The maximum absolute atomic E-state index is 2.91. The molecule has 0 N–H and O–H groups in total. The van der Waals surface area contributed by atoms with Gasteiger partial charge in [0, 0.05) is 0 Å². The topological polar surface area (TPSA) is 0 Å². The van der Waals surface area contributed by atoms with Gasteiger partial charge in [0.2, 0.25) is 0 Å². The van der Waals surface area contributed by atoms with E-state index >= 15 is 0 Å². The molecule has 0 aliphatic heterocycles. The zero-order valence-corrected chi connectivity index (χ0v) is 18.1. The van der Waals surface area contributed by atoms with Crippen LogP contribution in [0.2, 0.25) is 10.5 Å². The van der Waals surface area contributed by atoms with Crippen molar-refractivity contribution in [3.63, 3.8) is 0 Å². The number of benzene rings is 2. The van der Waals surface area contributed by atoms with E-state index in [1.54, 1.807) is 22.3 Å². The van der Waals surface area contributed by atoms with Gasteiger partial charge in [0.15, 0.2) is 0 Å². The molecule has 0 spiro atoms. The van der Waals surface area contributed by atoms with Crippen LogP contribution in [0.3, 0.4) is 0 Å². The number of fused-ring (bicyclic) bond motifs is 2. The molecule has 2 aliphatic rings. The molecule has 0 heterocycles. The number of hydrogen-bond donors (Lipinski definition) is 0. The third-order valence-corrected chi connectivity index (χ3v) is 17.9. The fraction of sp³-hybridized carbons (Fsp3) is 0.273. The van der Waals surface area contributed by atoms with Crippen molar-refractivity contribution in [2.45, 2.75) is 32.7 Å². The third-order valence-electron chi connectivity index (χ3n) is 6.19. The summed E-state index contributed by atoms with van der Waals surface area (Å²) < 4.78 is 1.27. The fourth-order valence-corrected chi connectivity index (χ4v) is 19.6. The first-order valence-electron chi connectivity index (χ1n) is 8.90. The SMILES string of the molecule is CC1=Cc2ccccc2[CH]1[Ti]([CH3])([CH3])(=[SiH2])[CH]1C(C)=Cc2ccccc21. The average Bonchev–Trinajstić information content (AvgIpc) is 3.02. The summed E-state index contributed by atoms with van der Waals surface area (Å²) in [7, 11) is 2.39. The van der Waals surface area contributed by atoms with Crippen LogP contribution in [0.25, 0.3) is 12.2 Å². The molecule has 2 unspecified atom stereocenters. The predicted molar refractivity (Wildman–Crippen MR) is 106 cm³/mol. The normalized spacial score (nSPS) is 22.7. The summed E-state index contributed by atoms with van der Waals surface area (Å²) >= 11 is -2.91. The maximum atomic E-state index is 2.67. The van der Waals surface area contributed by atoms with Gasteiger partial charge >= 0.3 is 149 Å². The van der Waals surface area contributed by atoms with Gasteiger partial charge in [-0.25, -0.2) is 0 Å². The monoisotopic (exact) mass is 366 g/mol. The van der Waals surface area contributed by atoms with Crippen molar-refractivity contribution in [1.29, 1.82) is 0 Å². The molecule has 0 nitrogen and oxygen atoms in total. The molecule has 0 saturated heterocycles. The van der Waals surface area contributed by atoms with Crippen molar-refractivity contribution in [2.24, 2.45) is 0 Å². The summed E-state index contributed by atoms with van der Waals surface area (Å²) in [6.45, 7) is 4.71. The molecule has 24 heavy (non-hydrogen) atoms. The van der Waals surface area contributed by atoms with Crippen molar-refractivity contribution in [2.75, 3.05) is 0 Å². The summed E-state index contributed by atoms with van der Waals surface area (Å²) in [5, 5.41) is 5.34. The first kappa shape index (κ1) is 16.3. The molecule has 0 bridgehead atoms. The fourth-order valence-electron chi connectivity index (χ4n) is 5.64. The van der Waals surface area contributed by atoms with Crippen LogP contribution >= 0.6 is 0 Å². The second-order valence-corrected chi connectivity index (χ2v) is 29.0. The molecule has 0 saturated carbocycles. The van der Waals surface area contributed by atoms with Crippen LogP contribution in [0.1, 0.15) is 44.5 Å². The Bertz CT molecular complexity index is 897. The van der Waals surface area contributed by atoms with Gasteiger partial charge in [-0.2, -0.15) is 0 Å². The van der Waals surface area contributed by atoms with Gasteiger partial charge in [0.1, 0.15) is 0 Å². The molecule has 2 heteroatoms. The molecule has 0 aromatic heterocycles. The average molecular weight is 366 g/mol. The van der Waals surface area contributed by atoms with E-state index in [1.807, 2.05) is 0 Å². The minimum absolute atomic E-state index is 0.635. The second-order valence-electron chi connectivity index (χ2n) is 8.84. The summed E-state index contributed by atoms with van der Waals surface area (Å²) in [6.07, 6.45) is 4.87. The van der Waals surface area contributed by atoms with Crippen molar-refractivity contribution in [3.8, 4) is 0 Å². The summed E-state index contributed by atoms with van der Waals surface area (Å²) in [5.41, 5.74) is 9.18. The Morgan fingerprint density at radius 3 is 1.50 bits per heavy atom. The molecule has 2 aromatic rings. The Balaban J connectivity index is 1.93. The van der Waals surface area contributed by atoms with E-state index in [4.69, 9.17) is 0 Å². The van der Waals surface area contributed by atoms with Crippen molar-refractivity contribution >= 4 is 19.8 Å². The van der Waals surface area contributed by atoms with Crippen molar-refractivity contribution in [1.82, 2.24) is 0 Å². The van der Waals surface area contributed by atoms with Crippen LogP contribution in [0.5, 0.6) is 0 Å². The summed E-state index contributed by atoms with van der Waals surface area (Å²) in [6, 6.07) is 18.1. The van der Waals surface area contributed by atoms with Gasteiger partial charge in [-0.3, -0.25) is 0 Å². The zero-order valence-electron chi connectivity index (χ0n) is 15.1. The molecular weight excluding hydrogens is 340 g/mol. The molecule has 0 amide bonds. The first-order chi connectivity index (χ1) is 11.3. The molecule has 122 valence electrons. The van der Waals surface area contributed by atoms with E-state index in [2.05, 4.69) is 92.6 Å². The molecule has 0 radical (unpaired) electrons. The standard InChI is InChI=1S/2C10H9.2CH3.H2Si.Ti/c2*1-8-6-9-4-2-3-5-10(9)7-8;;;;/h2*2-7H,1H3;2*1H3;1H2;. The van der Waals surface area contributed by atoms with Crippen molar-refractivity contribution < 1.29 is 14.0 Å². The van der Waals surface area contributed by atoms with Gasteiger partial charge in [-0.1, -0.05) is 0 Å². The number of rotatable bonds is 2. The van der Waals surface area contributed by atoms with Gasteiger partial charge in [-0.15, -0.1) is 0 Å². The summed E-state index contributed by atoms with van der Waals surface area (Å²) in [5.74, 6) is 0. The van der Waals surface area contributed by atoms with Gasteiger partial charge in [-0.05, 0) is 0 Å². The second kappa shape index (κ2) is 5.17. The molecular formula is C22H26SiTi.